The number of hydrogen-bond acceptors (Lipinski definition) is 2. The number of ketones is 1. The first-order chi connectivity index (χ1) is 5.45. The van der Waals surface area contributed by atoms with Crippen molar-refractivity contribution in [2.45, 2.75) is 12.6 Å². The van der Waals surface area contributed by atoms with E-state index >= 15 is 0 Å². The highest BCUT2D eigenvalue weighted by atomic mass is 19.4. The molecule has 5 heteroatoms. The molecule has 0 aromatic carbocycles. The summed E-state index contributed by atoms with van der Waals surface area (Å²) in [6, 6.07) is 0. The van der Waals surface area contributed by atoms with Crippen molar-refractivity contribution in [1.29, 1.82) is 0 Å². The standard InChI is InChI=1S/C7H7F3O2/c1-2-6(11)3-4-12-5-7(8,9)10/h1H,3-5H2. The first kappa shape index (κ1) is 11.0. The Morgan fingerprint density at radius 3 is 2.50 bits per heavy atom. The molecule has 0 bridgehead atoms. The number of terminal acetylenes is 1. The Balaban J connectivity index is 3.36. The van der Waals surface area contributed by atoms with Crippen molar-refractivity contribution < 1.29 is 22.7 Å². The fraction of sp³-hybridized carbons (Fsp3) is 0.571. The summed E-state index contributed by atoms with van der Waals surface area (Å²) in [5.74, 6) is 1.20. The van der Waals surface area contributed by atoms with E-state index in [0.29, 0.717) is 0 Å². The summed E-state index contributed by atoms with van der Waals surface area (Å²) < 4.78 is 38.4. The Morgan fingerprint density at radius 1 is 1.50 bits per heavy atom. The van der Waals surface area contributed by atoms with Crippen molar-refractivity contribution in [3.05, 3.63) is 0 Å². The largest absolute Gasteiger partial charge is 0.411 e. The number of rotatable bonds is 4. The molecule has 0 heterocycles. The van der Waals surface area contributed by atoms with Crippen LogP contribution in [0.5, 0.6) is 0 Å². The van der Waals surface area contributed by atoms with Gasteiger partial charge in [0.1, 0.15) is 6.61 Å². The van der Waals surface area contributed by atoms with Crippen molar-refractivity contribution in [2.24, 2.45) is 0 Å². The van der Waals surface area contributed by atoms with Crippen LogP contribution in [-0.4, -0.2) is 25.2 Å². The summed E-state index contributed by atoms with van der Waals surface area (Å²) in [7, 11) is 0. The molecule has 0 saturated carbocycles. The first-order valence-corrected chi connectivity index (χ1v) is 3.09. The van der Waals surface area contributed by atoms with Gasteiger partial charge in [0.05, 0.1) is 6.61 Å². The summed E-state index contributed by atoms with van der Waals surface area (Å²) in [6.07, 6.45) is 0.141. The lowest BCUT2D eigenvalue weighted by molar-refractivity contribution is -0.174. The lowest BCUT2D eigenvalue weighted by Crippen LogP contribution is -2.18. The van der Waals surface area contributed by atoms with E-state index in [1.165, 1.54) is 0 Å². The number of alkyl halides is 3. The molecule has 12 heavy (non-hydrogen) atoms. The molecule has 0 radical (unpaired) electrons. The van der Waals surface area contributed by atoms with Crippen LogP contribution < -0.4 is 0 Å². The van der Waals surface area contributed by atoms with Crippen molar-refractivity contribution in [2.75, 3.05) is 13.2 Å². The molecule has 0 spiro atoms. The molecule has 0 aromatic heterocycles. The Labute approximate surface area is 67.7 Å². The van der Waals surface area contributed by atoms with Crippen LogP contribution in [-0.2, 0) is 9.53 Å². The minimum atomic E-state index is -4.35. The van der Waals surface area contributed by atoms with Crippen molar-refractivity contribution >= 4 is 5.78 Å². The highest BCUT2D eigenvalue weighted by Crippen LogP contribution is 2.14. The molecule has 2 nitrogen and oxygen atoms in total. The zero-order chi connectivity index (χ0) is 9.61. The third-order valence-corrected chi connectivity index (χ3v) is 0.900. The highest BCUT2D eigenvalue weighted by Gasteiger charge is 2.27. The summed E-state index contributed by atoms with van der Waals surface area (Å²) in [5, 5.41) is 0. The zero-order valence-corrected chi connectivity index (χ0v) is 6.15. The number of ether oxygens (including phenoxy) is 1. The van der Waals surface area contributed by atoms with Gasteiger partial charge in [0.15, 0.2) is 0 Å². The normalized spacial score (nSPS) is 10.8. The van der Waals surface area contributed by atoms with E-state index in [1.54, 1.807) is 5.92 Å². The molecule has 0 amide bonds. The van der Waals surface area contributed by atoms with Crippen LogP contribution in [0.3, 0.4) is 0 Å². The second-order valence-electron chi connectivity index (χ2n) is 1.99. The summed E-state index contributed by atoms with van der Waals surface area (Å²) in [4.78, 5) is 10.3. The molecule has 0 fully saturated rings. The molecule has 0 aliphatic rings. The van der Waals surface area contributed by atoms with Gasteiger partial charge in [-0.25, -0.2) is 0 Å². The first-order valence-electron chi connectivity index (χ1n) is 3.09. The molecule has 0 aliphatic heterocycles. The third-order valence-electron chi connectivity index (χ3n) is 0.900. The summed E-state index contributed by atoms with van der Waals surface area (Å²) in [5.41, 5.74) is 0. The van der Waals surface area contributed by atoms with Gasteiger partial charge in [-0.3, -0.25) is 4.79 Å². The smallest absolute Gasteiger partial charge is 0.372 e. The number of carbonyl (C=O) groups excluding carboxylic acids is 1. The van der Waals surface area contributed by atoms with Crippen LogP contribution in [0.15, 0.2) is 0 Å². The van der Waals surface area contributed by atoms with Gasteiger partial charge < -0.3 is 4.74 Å². The average Bonchev–Trinajstić information content (AvgIpc) is 1.96. The Kier molecular flexibility index (Phi) is 4.37. The minimum absolute atomic E-state index is 0.174. The van der Waals surface area contributed by atoms with Gasteiger partial charge in [-0.1, -0.05) is 0 Å². The van der Waals surface area contributed by atoms with E-state index in [2.05, 4.69) is 11.2 Å². The van der Waals surface area contributed by atoms with Crippen molar-refractivity contribution in [1.82, 2.24) is 0 Å². The Hall–Kier alpha value is -1.02. The quantitative estimate of drug-likeness (QED) is 0.368. The molecular weight excluding hydrogens is 173 g/mol. The molecule has 0 saturated heterocycles. The molecule has 0 unspecified atom stereocenters. The van der Waals surface area contributed by atoms with Crippen LogP contribution in [0.4, 0.5) is 13.2 Å². The van der Waals surface area contributed by atoms with Crippen LogP contribution in [0.1, 0.15) is 6.42 Å². The fourth-order valence-electron chi connectivity index (χ4n) is 0.425. The van der Waals surface area contributed by atoms with E-state index < -0.39 is 18.6 Å². The number of carbonyl (C=O) groups is 1. The van der Waals surface area contributed by atoms with Gasteiger partial charge in [-0.2, -0.15) is 13.2 Å². The van der Waals surface area contributed by atoms with E-state index in [0.717, 1.165) is 0 Å². The topological polar surface area (TPSA) is 26.3 Å². The summed E-state index contributed by atoms with van der Waals surface area (Å²) >= 11 is 0. The van der Waals surface area contributed by atoms with Crippen molar-refractivity contribution in [3.8, 4) is 12.3 Å². The molecule has 0 rings (SSSR count). The number of Topliss-reactive ketones (excluding diaryl/α,β-unsaturated/α-hetero) is 1. The maximum atomic E-state index is 11.4. The third kappa shape index (κ3) is 7.09. The van der Waals surface area contributed by atoms with Gasteiger partial charge >= 0.3 is 6.18 Å². The van der Waals surface area contributed by atoms with Gasteiger partial charge in [-0.15, -0.1) is 6.42 Å². The summed E-state index contributed by atoms with van der Waals surface area (Å²) in [6.45, 7) is -1.63. The molecule has 0 aromatic rings. The van der Waals surface area contributed by atoms with E-state index in [4.69, 9.17) is 0 Å². The zero-order valence-electron chi connectivity index (χ0n) is 6.15. The molecule has 68 valence electrons. The SMILES string of the molecule is C#CC(=O)CCOCC(F)(F)F. The number of hydrogen-bond donors (Lipinski definition) is 0. The molecule has 0 atom stereocenters. The second-order valence-corrected chi connectivity index (χ2v) is 1.99. The van der Waals surface area contributed by atoms with Crippen molar-refractivity contribution in [3.63, 3.8) is 0 Å². The lowest BCUT2D eigenvalue weighted by Gasteiger charge is -2.05. The van der Waals surface area contributed by atoms with Gasteiger partial charge in [0, 0.05) is 6.42 Å². The van der Waals surface area contributed by atoms with E-state index in [-0.39, 0.29) is 13.0 Å². The maximum absolute atomic E-state index is 11.4. The van der Waals surface area contributed by atoms with Crippen LogP contribution >= 0.6 is 0 Å². The Morgan fingerprint density at radius 2 is 2.08 bits per heavy atom. The lowest BCUT2D eigenvalue weighted by atomic mass is 10.3. The molecule has 0 aliphatic carbocycles. The van der Waals surface area contributed by atoms with Gasteiger partial charge in [0.25, 0.3) is 0 Å². The Bertz CT molecular complexity index is 190. The molecular formula is C7H7F3O2. The number of halogens is 3. The predicted molar refractivity (Wildman–Crippen MR) is 35.3 cm³/mol. The predicted octanol–water partition coefficient (Wildman–Crippen LogP) is 1.16. The van der Waals surface area contributed by atoms with Crippen LogP contribution in [0.25, 0.3) is 0 Å². The second kappa shape index (κ2) is 4.78. The van der Waals surface area contributed by atoms with Gasteiger partial charge in [-0.05, 0) is 5.92 Å². The van der Waals surface area contributed by atoms with Gasteiger partial charge in [0.2, 0.25) is 5.78 Å². The maximum Gasteiger partial charge on any atom is 0.411 e. The fourth-order valence-corrected chi connectivity index (χ4v) is 0.425. The molecule has 0 N–H and O–H groups in total. The van der Waals surface area contributed by atoms with Crippen LogP contribution in [0, 0.1) is 12.3 Å². The van der Waals surface area contributed by atoms with E-state index in [9.17, 15) is 18.0 Å². The van der Waals surface area contributed by atoms with E-state index in [1.807, 2.05) is 0 Å². The minimum Gasteiger partial charge on any atom is -0.372 e. The monoisotopic (exact) mass is 180 g/mol. The highest BCUT2D eigenvalue weighted by molar-refractivity contribution is 5.94. The van der Waals surface area contributed by atoms with Crippen LogP contribution in [0.2, 0.25) is 0 Å². The average molecular weight is 180 g/mol.